The van der Waals surface area contributed by atoms with Crippen LogP contribution in [0.15, 0.2) is 30.9 Å². The van der Waals surface area contributed by atoms with Gasteiger partial charge < -0.3 is 10.2 Å². The van der Waals surface area contributed by atoms with Gasteiger partial charge in [-0.1, -0.05) is 6.07 Å². The first-order valence-electron chi connectivity index (χ1n) is 7.78. The fourth-order valence-corrected chi connectivity index (χ4v) is 2.28. The molecule has 0 aliphatic heterocycles. The molecule has 10 heteroatoms. The molecule has 2 aromatic rings. The number of nitrogens with one attached hydrogen (secondary N) is 1. The van der Waals surface area contributed by atoms with E-state index < -0.39 is 4.92 Å². The molecule has 1 N–H and O–H groups in total. The molecule has 0 aliphatic rings. The van der Waals surface area contributed by atoms with Crippen LogP contribution in [-0.4, -0.2) is 33.0 Å². The summed E-state index contributed by atoms with van der Waals surface area (Å²) >= 11 is 0. The predicted molar refractivity (Wildman–Crippen MR) is 92.9 cm³/mol. The van der Waals surface area contributed by atoms with Crippen LogP contribution in [0.4, 0.5) is 17.3 Å². The van der Waals surface area contributed by atoms with Gasteiger partial charge in [-0.05, 0) is 11.6 Å². The Morgan fingerprint density at radius 3 is 2.54 bits per heavy atom. The van der Waals surface area contributed by atoms with Crippen molar-refractivity contribution in [3.8, 4) is 12.1 Å². The fourth-order valence-electron chi connectivity index (χ4n) is 2.28. The second-order valence-corrected chi connectivity index (χ2v) is 5.17. The number of rotatable bonds is 9. The van der Waals surface area contributed by atoms with Crippen molar-refractivity contribution in [2.24, 2.45) is 0 Å². The molecule has 0 fully saturated rings. The van der Waals surface area contributed by atoms with E-state index in [1.54, 1.807) is 23.4 Å². The zero-order valence-electron chi connectivity index (χ0n) is 13.9. The van der Waals surface area contributed by atoms with E-state index in [0.29, 0.717) is 6.54 Å². The van der Waals surface area contributed by atoms with Crippen LogP contribution in [0.25, 0.3) is 0 Å². The highest BCUT2D eigenvalue weighted by Crippen LogP contribution is 2.32. The van der Waals surface area contributed by atoms with E-state index in [0.717, 1.165) is 5.56 Å². The van der Waals surface area contributed by atoms with Gasteiger partial charge in [-0.15, -0.1) is 0 Å². The quantitative estimate of drug-likeness (QED) is 0.529. The zero-order chi connectivity index (χ0) is 18.8. The van der Waals surface area contributed by atoms with Gasteiger partial charge in [-0.3, -0.25) is 15.1 Å². The molecule has 132 valence electrons. The highest BCUT2D eigenvalue weighted by molar-refractivity contribution is 5.70. The van der Waals surface area contributed by atoms with Crippen LogP contribution in [0.2, 0.25) is 0 Å². The molecule has 2 rings (SSSR count). The van der Waals surface area contributed by atoms with E-state index in [9.17, 15) is 10.1 Å². The lowest BCUT2D eigenvalue weighted by Crippen LogP contribution is -2.27. The van der Waals surface area contributed by atoms with Crippen molar-refractivity contribution < 1.29 is 4.92 Å². The lowest BCUT2D eigenvalue weighted by molar-refractivity contribution is -0.383. The number of nitriles is 2. The van der Waals surface area contributed by atoms with Crippen LogP contribution >= 0.6 is 0 Å². The normalized spacial score (nSPS) is 9.77. The second-order valence-electron chi connectivity index (χ2n) is 5.17. The molecule has 0 amide bonds. The standard InChI is InChI=1S/C16H16N8O2/c17-5-2-8-23(9-3-6-18)16-14(24(25)26)15(21-12-22-16)20-11-13-4-1-7-19-10-13/h1,4,7,10,12H,2-3,8-9,11H2,(H,20,21,22). The van der Waals surface area contributed by atoms with E-state index in [1.165, 1.54) is 6.33 Å². The molecule has 0 atom stereocenters. The molecule has 10 nitrogen and oxygen atoms in total. The molecule has 0 aliphatic carbocycles. The number of nitro groups is 1. The SMILES string of the molecule is N#CCCN(CCC#N)c1ncnc(NCc2cccnc2)c1[N+](=O)[O-]. The number of hydrogen-bond donors (Lipinski definition) is 1. The van der Waals surface area contributed by atoms with Gasteiger partial charge in [0.1, 0.15) is 6.33 Å². The minimum absolute atomic E-state index is 0.0720. The number of hydrogen-bond acceptors (Lipinski definition) is 9. The van der Waals surface area contributed by atoms with Crippen LogP contribution in [0.1, 0.15) is 18.4 Å². The van der Waals surface area contributed by atoms with Gasteiger partial charge in [0.05, 0.1) is 29.9 Å². The van der Waals surface area contributed by atoms with Crippen LogP contribution < -0.4 is 10.2 Å². The summed E-state index contributed by atoms with van der Waals surface area (Å²) in [5, 5.41) is 32.2. The molecule has 0 unspecified atom stereocenters. The predicted octanol–water partition coefficient (Wildman–Crippen LogP) is 2.03. The first-order chi connectivity index (χ1) is 12.7. The monoisotopic (exact) mass is 352 g/mol. The Bertz CT molecular complexity index is 810. The van der Waals surface area contributed by atoms with Gasteiger partial charge in [-0.25, -0.2) is 9.97 Å². The van der Waals surface area contributed by atoms with E-state index in [2.05, 4.69) is 20.3 Å². The highest BCUT2D eigenvalue weighted by atomic mass is 16.6. The summed E-state index contributed by atoms with van der Waals surface area (Å²) in [6, 6.07) is 7.59. The lowest BCUT2D eigenvalue weighted by Gasteiger charge is -2.21. The molecule has 2 aromatic heterocycles. The van der Waals surface area contributed by atoms with Gasteiger partial charge >= 0.3 is 5.69 Å². The van der Waals surface area contributed by atoms with E-state index >= 15 is 0 Å². The second kappa shape index (κ2) is 9.49. The van der Waals surface area contributed by atoms with Gasteiger partial charge in [0.2, 0.25) is 11.6 Å². The highest BCUT2D eigenvalue weighted by Gasteiger charge is 2.26. The van der Waals surface area contributed by atoms with Gasteiger partial charge in [-0.2, -0.15) is 10.5 Å². The first kappa shape index (κ1) is 18.5. The summed E-state index contributed by atoms with van der Waals surface area (Å²) in [7, 11) is 0. The largest absolute Gasteiger partial charge is 0.360 e. The summed E-state index contributed by atoms with van der Waals surface area (Å²) < 4.78 is 0. The fraction of sp³-hybridized carbons (Fsp3) is 0.312. The maximum absolute atomic E-state index is 11.6. The van der Waals surface area contributed by atoms with Crippen molar-refractivity contribution in [2.75, 3.05) is 23.3 Å². The molecule has 0 saturated heterocycles. The maximum Gasteiger partial charge on any atom is 0.353 e. The summed E-state index contributed by atoms with van der Waals surface area (Å²) in [6.45, 7) is 0.775. The minimum Gasteiger partial charge on any atom is -0.360 e. The third-order valence-electron chi connectivity index (χ3n) is 3.45. The van der Waals surface area contributed by atoms with Crippen molar-refractivity contribution in [1.82, 2.24) is 15.0 Å². The average Bonchev–Trinajstić information content (AvgIpc) is 2.67. The van der Waals surface area contributed by atoms with Crippen molar-refractivity contribution in [3.05, 3.63) is 46.5 Å². The van der Waals surface area contributed by atoms with Crippen molar-refractivity contribution >= 4 is 17.3 Å². The van der Waals surface area contributed by atoms with Gasteiger partial charge in [0, 0.05) is 32.0 Å². The summed E-state index contributed by atoms with van der Waals surface area (Å²) in [5.41, 5.74) is 0.556. The van der Waals surface area contributed by atoms with Crippen molar-refractivity contribution in [1.29, 1.82) is 10.5 Å². The van der Waals surface area contributed by atoms with Crippen LogP contribution in [0.5, 0.6) is 0 Å². The molecule has 2 heterocycles. The van der Waals surface area contributed by atoms with Crippen molar-refractivity contribution in [3.63, 3.8) is 0 Å². The van der Waals surface area contributed by atoms with E-state index in [1.807, 2.05) is 18.2 Å². The molecule has 0 saturated carbocycles. The van der Waals surface area contributed by atoms with E-state index in [-0.39, 0.29) is 43.3 Å². The van der Waals surface area contributed by atoms with Gasteiger partial charge in [0.15, 0.2) is 0 Å². The van der Waals surface area contributed by atoms with E-state index in [4.69, 9.17) is 10.5 Å². The third-order valence-corrected chi connectivity index (χ3v) is 3.45. The molecular formula is C16H16N8O2. The molecule has 0 bridgehead atoms. The molecule has 26 heavy (non-hydrogen) atoms. The number of nitrogens with zero attached hydrogens (tertiary/aromatic N) is 7. The van der Waals surface area contributed by atoms with Crippen LogP contribution in [0.3, 0.4) is 0 Å². The Labute approximate surface area is 149 Å². The average molecular weight is 352 g/mol. The third kappa shape index (κ3) is 4.85. The van der Waals surface area contributed by atoms with Crippen LogP contribution in [-0.2, 0) is 6.54 Å². The Morgan fingerprint density at radius 1 is 1.23 bits per heavy atom. The molecule has 0 radical (unpaired) electrons. The first-order valence-corrected chi connectivity index (χ1v) is 7.78. The Morgan fingerprint density at radius 2 is 1.96 bits per heavy atom. The number of anilines is 2. The molecule has 0 aromatic carbocycles. The number of aromatic nitrogens is 3. The Kier molecular flexibility index (Phi) is 6.77. The maximum atomic E-state index is 11.6. The van der Waals surface area contributed by atoms with Crippen molar-refractivity contribution in [2.45, 2.75) is 19.4 Å². The Balaban J connectivity index is 2.32. The number of pyridine rings is 1. The molecule has 0 spiro atoms. The van der Waals surface area contributed by atoms with Crippen LogP contribution in [0, 0.1) is 32.8 Å². The summed E-state index contributed by atoms with van der Waals surface area (Å²) in [6.07, 6.45) is 4.82. The Hall–Kier alpha value is -3.79. The smallest absolute Gasteiger partial charge is 0.353 e. The summed E-state index contributed by atoms with van der Waals surface area (Å²) in [5.74, 6) is 0.159. The lowest BCUT2D eigenvalue weighted by atomic mass is 10.2. The summed E-state index contributed by atoms with van der Waals surface area (Å²) in [4.78, 5) is 24.6. The topological polar surface area (TPSA) is 145 Å². The van der Waals surface area contributed by atoms with Gasteiger partial charge in [0.25, 0.3) is 0 Å². The minimum atomic E-state index is -0.563. The zero-order valence-corrected chi connectivity index (χ0v) is 13.9. The molecular weight excluding hydrogens is 336 g/mol.